The first-order chi connectivity index (χ1) is 9.52. The third kappa shape index (κ3) is 2.99. The molecule has 106 valence electrons. The fraction of sp³-hybridized carbons (Fsp3) is 0.267. The van der Waals surface area contributed by atoms with Crippen molar-refractivity contribution in [3.05, 3.63) is 64.7 Å². The van der Waals surface area contributed by atoms with E-state index in [9.17, 15) is 13.2 Å². The second-order valence-electron chi connectivity index (χ2n) is 4.51. The largest absolute Gasteiger partial charge is 0.306 e. The van der Waals surface area contributed by atoms with E-state index >= 15 is 0 Å². The SMILES string of the molecule is CCNC(c1ccc(C)nc1)c1c(F)cc(F)cc1F. The predicted octanol–water partition coefficient (Wildman–Crippen LogP) is 3.51. The quantitative estimate of drug-likeness (QED) is 0.927. The van der Waals surface area contributed by atoms with Crippen LogP contribution in [0.15, 0.2) is 30.5 Å². The maximum Gasteiger partial charge on any atom is 0.134 e. The number of nitrogens with zero attached hydrogens (tertiary/aromatic N) is 1. The van der Waals surface area contributed by atoms with Crippen molar-refractivity contribution >= 4 is 0 Å². The molecule has 5 heteroatoms. The fourth-order valence-corrected chi connectivity index (χ4v) is 2.07. The number of pyridine rings is 1. The van der Waals surface area contributed by atoms with Gasteiger partial charge >= 0.3 is 0 Å². The molecule has 1 unspecified atom stereocenters. The Kier molecular flexibility index (Phi) is 4.39. The van der Waals surface area contributed by atoms with Crippen LogP contribution in [-0.4, -0.2) is 11.5 Å². The summed E-state index contributed by atoms with van der Waals surface area (Å²) in [4.78, 5) is 4.13. The average molecular weight is 280 g/mol. The number of rotatable bonds is 4. The molecule has 0 bridgehead atoms. The van der Waals surface area contributed by atoms with Crippen LogP contribution >= 0.6 is 0 Å². The number of aryl methyl sites for hydroxylation is 1. The Morgan fingerprint density at radius 1 is 1.15 bits per heavy atom. The summed E-state index contributed by atoms with van der Waals surface area (Å²) in [5.74, 6) is -2.75. The normalized spacial score (nSPS) is 12.4. The van der Waals surface area contributed by atoms with Crippen LogP contribution in [0.5, 0.6) is 0 Å². The molecule has 0 fully saturated rings. The summed E-state index contributed by atoms with van der Waals surface area (Å²) in [6, 6.07) is 4.18. The molecular formula is C15H15F3N2. The first-order valence-electron chi connectivity index (χ1n) is 6.33. The zero-order chi connectivity index (χ0) is 14.7. The van der Waals surface area contributed by atoms with Gasteiger partial charge in [0.2, 0.25) is 0 Å². The molecule has 1 aromatic carbocycles. The average Bonchev–Trinajstić information content (AvgIpc) is 2.37. The van der Waals surface area contributed by atoms with Crippen LogP contribution in [0.2, 0.25) is 0 Å². The van der Waals surface area contributed by atoms with Crippen LogP contribution in [0, 0.1) is 24.4 Å². The lowest BCUT2D eigenvalue weighted by Crippen LogP contribution is -2.24. The molecule has 2 nitrogen and oxygen atoms in total. The Morgan fingerprint density at radius 3 is 2.30 bits per heavy atom. The van der Waals surface area contributed by atoms with Gasteiger partial charge in [0.1, 0.15) is 17.5 Å². The molecule has 0 spiro atoms. The molecule has 0 aliphatic heterocycles. The number of nitrogens with one attached hydrogen (secondary N) is 1. The number of hydrogen-bond donors (Lipinski definition) is 1. The minimum absolute atomic E-state index is 0.195. The highest BCUT2D eigenvalue weighted by Gasteiger charge is 2.22. The summed E-state index contributed by atoms with van der Waals surface area (Å²) in [6.07, 6.45) is 1.56. The van der Waals surface area contributed by atoms with E-state index < -0.39 is 23.5 Å². The minimum Gasteiger partial charge on any atom is -0.306 e. The Morgan fingerprint density at radius 2 is 1.80 bits per heavy atom. The van der Waals surface area contributed by atoms with Crippen LogP contribution in [0.25, 0.3) is 0 Å². The monoisotopic (exact) mass is 280 g/mol. The third-order valence-electron chi connectivity index (χ3n) is 3.01. The molecule has 2 rings (SSSR count). The van der Waals surface area contributed by atoms with Gasteiger partial charge in [0.25, 0.3) is 0 Å². The van der Waals surface area contributed by atoms with E-state index in [2.05, 4.69) is 10.3 Å². The van der Waals surface area contributed by atoms with Gasteiger partial charge in [-0.05, 0) is 25.1 Å². The summed E-state index contributed by atoms with van der Waals surface area (Å²) in [6.45, 7) is 4.16. The molecule has 1 N–H and O–H groups in total. The standard InChI is InChI=1S/C15H15F3N2/c1-3-19-15(10-5-4-9(2)20-8-10)14-12(17)6-11(16)7-13(14)18/h4-8,15,19H,3H2,1-2H3. The summed E-state index contributed by atoms with van der Waals surface area (Å²) >= 11 is 0. The van der Waals surface area contributed by atoms with E-state index in [-0.39, 0.29) is 5.56 Å². The van der Waals surface area contributed by atoms with Crippen LogP contribution < -0.4 is 5.32 Å². The molecule has 0 saturated heterocycles. The lowest BCUT2D eigenvalue weighted by molar-refractivity contribution is 0.491. The fourth-order valence-electron chi connectivity index (χ4n) is 2.07. The first kappa shape index (κ1) is 14.5. The zero-order valence-electron chi connectivity index (χ0n) is 11.3. The van der Waals surface area contributed by atoms with Crippen molar-refractivity contribution in [1.82, 2.24) is 10.3 Å². The number of hydrogen-bond acceptors (Lipinski definition) is 2. The van der Waals surface area contributed by atoms with Gasteiger partial charge in [-0.25, -0.2) is 13.2 Å². The number of halogens is 3. The van der Waals surface area contributed by atoms with Crippen LogP contribution in [0.3, 0.4) is 0 Å². The molecule has 0 amide bonds. The van der Waals surface area contributed by atoms with E-state index in [1.807, 2.05) is 13.8 Å². The third-order valence-corrected chi connectivity index (χ3v) is 3.01. The van der Waals surface area contributed by atoms with Crippen molar-refractivity contribution in [3.63, 3.8) is 0 Å². The lowest BCUT2D eigenvalue weighted by atomic mass is 9.98. The highest BCUT2D eigenvalue weighted by atomic mass is 19.1. The summed E-state index contributed by atoms with van der Waals surface area (Å²) < 4.78 is 40.8. The van der Waals surface area contributed by atoms with Crippen LogP contribution in [0.4, 0.5) is 13.2 Å². The molecule has 2 aromatic rings. The highest BCUT2D eigenvalue weighted by molar-refractivity contribution is 5.33. The molecule has 20 heavy (non-hydrogen) atoms. The van der Waals surface area contributed by atoms with Gasteiger partial charge in [-0.3, -0.25) is 4.98 Å². The maximum absolute atomic E-state index is 13.9. The predicted molar refractivity (Wildman–Crippen MR) is 70.8 cm³/mol. The van der Waals surface area contributed by atoms with Crippen molar-refractivity contribution in [2.24, 2.45) is 0 Å². The minimum atomic E-state index is -0.930. The molecule has 0 saturated carbocycles. The van der Waals surface area contributed by atoms with E-state index in [1.165, 1.54) is 0 Å². The van der Waals surface area contributed by atoms with Gasteiger partial charge in [0.15, 0.2) is 0 Å². The lowest BCUT2D eigenvalue weighted by Gasteiger charge is -2.20. The van der Waals surface area contributed by atoms with Gasteiger partial charge in [-0.2, -0.15) is 0 Å². The number of aromatic nitrogens is 1. The first-order valence-corrected chi connectivity index (χ1v) is 6.33. The summed E-state index contributed by atoms with van der Waals surface area (Å²) in [5.41, 5.74) is 1.24. The van der Waals surface area contributed by atoms with Crippen molar-refractivity contribution in [2.75, 3.05) is 6.54 Å². The van der Waals surface area contributed by atoms with E-state index in [0.29, 0.717) is 24.2 Å². The number of benzene rings is 1. The molecule has 0 aliphatic carbocycles. The molecule has 0 radical (unpaired) electrons. The van der Waals surface area contributed by atoms with Gasteiger partial charge in [-0.1, -0.05) is 13.0 Å². The Bertz CT molecular complexity index is 574. The highest BCUT2D eigenvalue weighted by Crippen LogP contribution is 2.27. The van der Waals surface area contributed by atoms with Gasteiger partial charge in [-0.15, -0.1) is 0 Å². The maximum atomic E-state index is 13.9. The second kappa shape index (κ2) is 6.05. The van der Waals surface area contributed by atoms with Crippen LogP contribution in [-0.2, 0) is 0 Å². The molecule has 1 aromatic heterocycles. The molecule has 1 heterocycles. The van der Waals surface area contributed by atoms with Gasteiger partial charge in [0.05, 0.1) is 6.04 Å². The van der Waals surface area contributed by atoms with Crippen LogP contribution in [0.1, 0.15) is 29.8 Å². The zero-order valence-corrected chi connectivity index (χ0v) is 11.3. The van der Waals surface area contributed by atoms with E-state index in [4.69, 9.17) is 0 Å². The molecular weight excluding hydrogens is 265 g/mol. The summed E-state index contributed by atoms with van der Waals surface area (Å²) in [5, 5.41) is 2.99. The van der Waals surface area contributed by atoms with Crippen molar-refractivity contribution in [3.8, 4) is 0 Å². The Balaban J connectivity index is 2.51. The molecule has 1 atom stereocenters. The van der Waals surface area contributed by atoms with Crippen molar-refractivity contribution in [2.45, 2.75) is 19.9 Å². The van der Waals surface area contributed by atoms with Gasteiger partial charge in [0, 0.05) is 29.6 Å². The molecule has 0 aliphatic rings. The summed E-state index contributed by atoms with van der Waals surface area (Å²) in [7, 11) is 0. The van der Waals surface area contributed by atoms with E-state index in [1.54, 1.807) is 18.3 Å². The smallest absolute Gasteiger partial charge is 0.134 e. The second-order valence-corrected chi connectivity index (χ2v) is 4.51. The Hall–Kier alpha value is -1.88. The van der Waals surface area contributed by atoms with Crippen molar-refractivity contribution < 1.29 is 13.2 Å². The Labute approximate surface area is 115 Å². The van der Waals surface area contributed by atoms with Crippen molar-refractivity contribution in [1.29, 1.82) is 0 Å². The van der Waals surface area contributed by atoms with E-state index in [0.717, 1.165) is 5.69 Å². The van der Waals surface area contributed by atoms with Gasteiger partial charge < -0.3 is 5.32 Å². The topological polar surface area (TPSA) is 24.9 Å².